The molecule has 0 aromatic heterocycles. The highest BCUT2D eigenvalue weighted by atomic mass is 16.1. The summed E-state index contributed by atoms with van der Waals surface area (Å²) in [6.07, 6.45) is 2.07. The van der Waals surface area contributed by atoms with Crippen molar-refractivity contribution in [1.82, 2.24) is 0 Å². The van der Waals surface area contributed by atoms with Crippen molar-refractivity contribution in [2.45, 2.75) is 26.7 Å². The van der Waals surface area contributed by atoms with Crippen molar-refractivity contribution >= 4 is 11.5 Å². The molecule has 0 unspecified atom stereocenters. The summed E-state index contributed by atoms with van der Waals surface area (Å²) in [5.41, 5.74) is 9.40. The summed E-state index contributed by atoms with van der Waals surface area (Å²) in [5, 5.41) is 0. The predicted octanol–water partition coefficient (Wildman–Crippen LogP) is 2.48. The van der Waals surface area contributed by atoms with E-state index in [0.29, 0.717) is 5.69 Å². The SMILES string of the molecule is Cc1cc(C)c(N)c(C(=O)C2CC2)c1. The number of carbonyl (C=O) groups is 1. The molecule has 1 saturated carbocycles. The van der Waals surface area contributed by atoms with Crippen LogP contribution in [0.15, 0.2) is 12.1 Å². The zero-order valence-electron chi connectivity index (χ0n) is 8.63. The fraction of sp³-hybridized carbons (Fsp3) is 0.417. The van der Waals surface area contributed by atoms with Crippen molar-refractivity contribution in [3.05, 3.63) is 28.8 Å². The van der Waals surface area contributed by atoms with Crippen molar-refractivity contribution in [3.8, 4) is 0 Å². The number of aryl methyl sites for hydroxylation is 2. The van der Waals surface area contributed by atoms with Crippen LogP contribution in [-0.4, -0.2) is 5.78 Å². The first-order chi connectivity index (χ1) is 6.59. The molecule has 2 nitrogen and oxygen atoms in total. The van der Waals surface area contributed by atoms with E-state index < -0.39 is 0 Å². The van der Waals surface area contributed by atoms with Gasteiger partial charge < -0.3 is 5.73 Å². The number of ketones is 1. The maximum Gasteiger partial charge on any atom is 0.168 e. The van der Waals surface area contributed by atoms with E-state index in [2.05, 4.69) is 0 Å². The van der Waals surface area contributed by atoms with Crippen LogP contribution in [-0.2, 0) is 0 Å². The molecule has 2 N–H and O–H groups in total. The van der Waals surface area contributed by atoms with E-state index >= 15 is 0 Å². The molecule has 2 rings (SSSR count). The van der Waals surface area contributed by atoms with Crippen LogP contribution in [0.4, 0.5) is 5.69 Å². The van der Waals surface area contributed by atoms with Gasteiger partial charge in [0, 0.05) is 17.2 Å². The number of rotatable bonds is 2. The minimum Gasteiger partial charge on any atom is -0.398 e. The second-order valence-electron chi connectivity index (χ2n) is 4.18. The van der Waals surface area contributed by atoms with Gasteiger partial charge in [-0.05, 0) is 43.9 Å². The number of nitrogens with two attached hydrogens (primary N) is 1. The lowest BCUT2D eigenvalue weighted by molar-refractivity contribution is 0.0968. The van der Waals surface area contributed by atoms with Gasteiger partial charge in [-0.2, -0.15) is 0 Å². The third-order valence-electron chi connectivity index (χ3n) is 2.74. The Morgan fingerprint density at radius 1 is 1.36 bits per heavy atom. The predicted molar refractivity (Wildman–Crippen MR) is 57.4 cm³/mol. The zero-order valence-corrected chi connectivity index (χ0v) is 8.63. The number of nitrogen functional groups attached to an aromatic ring is 1. The Balaban J connectivity index is 2.45. The Hall–Kier alpha value is -1.31. The lowest BCUT2D eigenvalue weighted by Gasteiger charge is -2.08. The Labute approximate surface area is 84.1 Å². The van der Waals surface area contributed by atoms with Crippen molar-refractivity contribution in [2.75, 3.05) is 5.73 Å². The summed E-state index contributed by atoms with van der Waals surface area (Å²) in [7, 11) is 0. The van der Waals surface area contributed by atoms with Crippen molar-refractivity contribution in [2.24, 2.45) is 5.92 Å². The first-order valence-corrected chi connectivity index (χ1v) is 5.00. The molecule has 2 heteroatoms. The molecule has 0 radical (unpaired) electrons. The maximum absolute atomic E-state index is 11.9. The van der Waals surface area contributed by atoms with Gasteiger partial charge in [0.1, 0.15) is 0 Å². The Kier molecular flexibility index (Phi) is 2.06. The van der Waals surface area contributed by atoms with Crippen molar-refractivity contribution < 1.29 is 4.79 Å². The normalized spacial score (nSPS) is 15.6. The molecule has 1 aliphatic rings. The van der Waals surface area contributed by atoms with Crippen molar-refractivity contribution in [1.29, 1.82) is 0 Å². The van der Waals surface area contributed by atoms with Crippen LogP contribution in [0.2, 0.25) is 0 Å². The van der Waals surface area contributed by atoms with Crippen LogP contribution in [0.25, 0.3) is 0 Å². The first-order valence-electron chi connectivity index (χ1n) is 5.00. The lowest BCUT2D eigenvalue weighted by atomic mass is 9.99. The van der Waals surface area contributed by atoms with Gasteiger partial charge in [0.15, 0.2) is 5.78 Å². The number of benzene rings is 1. The summed E-state index contributed by atoms with van der Waals surface area (Å²) in [4.78, 5) is 11.9. The Morgan fingerprint density at radius 2 is 2.00 bits per heavy atom. The molecular weight excluding hydrogens is 174 g/mol. The largest absolute Gasteiger partial charge is 0.398 e. The molecule has 74 valence electrons. The molecule has 1 aromatic carbocycles. The average molecular weight is 189 g/mol. The van der Waals surface area contributed by atoms with Crippen LogP contribution in [0.3, 0.4) is 0 Å². The van der Waals surface area contributed by atoms with E-state index in [4.69, 9.17) is 5.73 Å². The van der Waals surface area contributed by atoms with Gasteiger partial charge in [0.2, 0.25) is 0 Å². The number of hydrogen-bond acceptors (Lipinski definition) is 2. The van der Waals surface area contributed by atoms with Crippen LogP contribution in [0.5, 0.6) is 0 Å². The summed E-state index contributed by atoms with van der Waals surface area (Å²) in [6.45, 7) is 3.95. The van der Waals surface area contributed by atoms with Gasteiger partial charge in [0.05, 0.1) is 0 Å². The molecule has 1 fully saturated rings. The van der Waals surface area contributed by atoms with Gasteiger partial charge in [-0.3, -0.25) is 4.79 Å². The molecule has 0 atom stereocenters. The molecule has 1 aromatic rings. The quantitative estimate of drug-likeness (QED) is 0.573. The number of anilines is 1. The first kappa shape index (κ1) is 9.25. The minimum atomic E-state index is 0.231. The second kappa shape index (κ2) is 3.12. The Morgan fingerprint density at radius 3 is 2.57 bits per heavy atom. The van der Waals surface area contributed by atoms with E-state index in [1.54, 1.807) is 0 Å². The molecule has 1 aliphatic carbocycles. The number of Topliss-reactive ketones (excluding diaryl/α,β-unsaturated/α-hetero) is 1. The van der Waals surface area contributed by atoms with E-state index in [1.165, 1.54) is 0 Å². The van der Waals surface area contributed by atoms with Crippen LogP contribution >= 0.6 is 0 Å². The molecule has 0 saturated heterocycles. The van der Waals surface area contributed by atoms with Crippen LogP contribution < -0.4 is 5.73 Å². The van der Waals surface area contributed by atoms with E-state index in [1.807, 2.05) is 26.0 Å². The third-order valence-corrected chi connectivity index (χ3v) is 2.74. The van der Waals surface area contributed by atoms with Gasteiger partial charge in [0.25, 0.3) is 0 Å². The third kappa shape index (κ3) is 1.52. The standard InChI is InChI=1S/C12H15NO/c1-7-5-8(2)11(13)10(6-7)12(14)9-3-4-9/h5-6,9H,3-4,13H2,1-2H3. The molecule has 0 bridgehead atoms. The molecular formula is C12H15NO. The molecule has 0 amide bonds. The molecule has 0 spiro atoms. The van der Waals surface area contributed by atoms with Gasteiger partial charge in [-0.25, -0.2) is 0 Å². The minimum absolute atomic E-state index is 0.231. The zero-order chi connectivity index (χ0) is 10.3. The Bertz CT molecular complexity index is 392. The van der Waals surface area contributed by atoms with E-state index in [9.17, 15) is 4.79 Å². The molecule has 14 heavy (non-hydrogen) atoms. The fourth-order valence-corrected chi connectivity index (χ4v) is 1.75. The topological polar surface area (TPSA) is 43.1 Å². The van der Waals surface area contributed by atoms with E-state index in [-0.39, 0.29) is 11.7 Å². The smallest absolute Gasteiger partial charge is 0.168 e. The highest BCUT2D eigenvalue weighted by molar-refractivity contribution is 6.04. The van der Waals surface area contributed by atoms with Gasteiger partial charge >= 0.3 is 0 Å². The van der Waals surface area contributed by atoms with E-state index in [0.717, 1.165) is 29.5 Å². The maximum atomic E-state index is 11.9. The summed E-state index contributed by atoms with van der Waals surface area (Å²) >= 11 is 0. The number of carbonyl (C=O) groups excluding carboxylic acids is 1. The monoisotopic (exact) mass is 189 g/mol. The number of hydrogen-bond donors (Lipinski definition) is 1. The van der Waals surface area contributed by atoms with Gasteiger partial charge in [-0.15, -0.1) is 0 Å². The highest BCUT2D eigenvalue weighted by Crippen LogP contribution is 2.35. The lowest BCUT2D eigenvalue weighted by Crippen LogP contribution is -2.07. The van der Waals surface area contributed by atoms with Crippen molar-refractivity contribution in [3.63, 3.8) is 0 Å². The molecule has 0 heterocycles. The second-order valence-corrected chi connectivity index (χ2v) is 4.18. The average Bonchev–Trinajstić information content (AvgIpc) is 2.93. The summed E-state index contributed by atoms with van der Waals surface area (Å²) < 4.78 is 0. The summed E-state index contributed by atoms with van der Waals surface area (Å²) in [6, 6.07) is 3.92. The van der Waals surface area contributed by atoms with Crippen LogP contribution in [0, 0.1) is 19.8 Å². The highest BCUT2D eigenvalue weighted by Gasteiger charge is 2.31. The fourth-order valence-electron chi connectivity index (χ4n) is 1.75. The van der Waals surface area contributed by atoms with Crippen LogP contribution in [0.1, 0.15) is 34.3 Å². The van der Waals surface area contributed by atoms with Gasteiger partial charge in [-0.1, -0.05) is 6.07 Å². The molecule has 0 aliphatic heterocycles. The summed E-state index contributed by atoms with van der Waals surface area (Å²) in [5.74, 6) is 0.479.